The number of nitrogens with zero attached hydrogens (tertiary/aromatic N) is 2. The first kappa shape index (κ1) is 21.9. The van der Waals surface area contributed by atoms with E-state index in [2.05, 4.69) is 22.4 Å². The highest BCUT2D eigenvalue weighted by Gasteiger charge is 2.25. The molecule has 1 aliphatic carbocycles. The van der Waals surface area contributed by atoms with Gasteiger partial charge in [-0.2, -0.15) is 0 Å². The van der Waals surface area contributed by atoms with Gasteiger partial charge in [0.1, 0.15) is 16.5 Å². The number of nitrogens with one attached hydrogen (secondary N) is 1. The van der Waals surface area contributed by atoms with Crippen molar-refractivity contribution >= 4 is 21.6 Å². The van der Waals surface area contributed by atoms with Gasteiger partial charge in [0.2, 0.25) is 0 Å². The molecule has 0 spiro atoms. The Bertz CT molecular complexity index is 1310. The van der Waals surface area contributed by atoms with E-state index < -0.39 is 11.6 Å². The molecule has 2 aromatic heterocycles. The molecule has 1 aliphatic rings. The van der Waals surface area contributed by atoms with Crippen LogP contribution in [0.3, 0.4) is 0 Å². The number of rotatable bonds is 7. The molecular weight excluding hydrogens is 440 g/mol. The molecule has 0 saturated carbocycles. The van der Waals surface area contributed by atoms with Crippen LogP contribution in [-0.4, -0.2) is 15.6 Å². The Morgan fingerprint density at radius 1 is 1.09 bits per heavy atom. The van der Waals surface area contributed by atoms with Crippen LogP contribution in [0.1, 0.15) is 34.4 Å². The average molecular weight is 466 g/mol. The Balaban J connectivity index is 1.29. The zero-order chi connectivity index (χ0) is 22.8. The van der Waals surface area contributed by atoms with Crippen LogP contribution >= 0.6 is 11.3 Å². The normalized spacial score (nSPS) is 15.6. The Hall–Kier alpha value is -2.90. The number of hydrogen-bond donors (Lipinski definition) is 1. The molecule has 7 heteroatoms. The molecule has 170 valence electrons. The molecule has 4 nitrogen and oxygen atoms in total. The van der Waals surface area contributed by atoms with Crippen molar-refractivity contribution in [3.8, 4) is 0 Å². The first-order valence-electron chi connectivity index (χ1n) is 11.3. The Kier molecular flexibility index (Phi) is 6.33. The Labute approximate surface area is 194 Å². The lowest BCUT2D eigenvalue weighted by Gasteiger charge is -2.23. The first-order valence-corrected chi connectivity index (χ1v) is 12.1. The van der Waals surface area contributed by atoms with E-state index in [1.54, 1.807) is 22.2 Å². The lowest BCUT2D eigenvalue weighted by molar-refractivity contribution is 0.445. The second kappa shape index (κ2) is 9.53. The van der Waals surface area contributed by atoms with Gasteiger partial charge in [-0.3, -0.25) is 9.36 Å². The average Bonchev–Trinajstić information content (AvgIpc) is 3.19. The van der Waals surface area contributed by atoms with E-state index in [4.69, 9.17) is 0 Å². The second-order valence-corrected chi connectivity index (χ2v) is 9.62. The molecule has 1 N–H and O–H groups in total. The van der Waals surface area contributed by atoms with E-state index in [1.807, 2.05) is 18.2 Å². The number of benzene rings is 2. The Morgan fingerprint density at radius 3 is 2.67 bits per heavy atom. The summed E-state index contributed by atoms with van der Waals surface area (Å²) in [5.74, 6) is -1.06. The van der Waals surface area contributed by atoms with Gasteiger partial charge in [-0.05, 0) is 55.4 Å². The van der Waals surface area contributed by atoms with Crippen LogP contribution < -0.4 is 10.9 Å². The van der Waals surface area contributed by atoms with Gasteiger partial charge in [0.15, 0.2) is 0 Å². The van der Waals surface area contributed by atoms with E-state index in [9.17, 15) is 13.6 Å². The molecule has 4 aromatic rings. The molecule has 5 rings (SSSR count). The van der Waals surface area contributed by atoms with Crippen molar-refractivity contribution in [3.05, 3.63) is 98.4 Å². The molecule has 0 fully saturated rings. The highest BCUT2D eigenvalue weighted by atomic mass is 32.1. The minimum absolute atomic E-state index is 0.0328. The van der Waals surface area contributed by atoms with E-state index in [1.165, 1.54) is 23.8 Å². The molecule has 0 radical (unpaired) electrons. The van der Waals surface area contributed by atoms with Crippen LogP contribution in [0.15, 0.2) is 59.7 Å². The van der Waals surface area contributed by atoms with Crippen LogP contribution in [0.25, 0.3) is 10.2 Å². The second-order valence-electron chi connectivity index (χ2n) is 8.54. The molecule has 0 bridgehead atoms. The zero-order valence-electron chi connectivity index (χ0n) is 18.2. The van der Waals surface area contributed by atoms with Crippen molar-refractivity contribution in [3.63, 3.8) is 0 Å². The molecule has 1 atom stereocenters. The topological polar surface area (TPSA) is 46.9 Å². The van der Waals surface area contributed by atoms with Gasteiger partial charge in [0.05, 0.1) is 11.7 Å². The van der Waals surface area contributed by atoms with Gasteiger partial charge >= 0.3 is 0 Å². The minimum atomic E-state index is -0.530. The molecule has 2 aromatic carbocycles. The fourth-order valence-electron chi connectivity index (χ4n) is 4.58. The lowest BCUT2D eigenvalue weighted by Crippen LogP contribution is -2.34. The van der Waals surface area contributed by atoms with Crippen LogP contribution in [0, 0.1) is 11.6 Å². The van der Waals surface area contributed by atoms with Gasteiger partial charge in [-0.15, -0.1) is 11.3 Å². The summed E-state index contributed by atoms with van der Waals surface area (Å²) in [6, 6.07) is 14.3. The number of aromatic nitrogens is 2. The third-order valence-electron chi connectivity index (χ3n) is 6.37. The number of halogens is 2. The van der Waals surface area contributed by atoms with Crippen molar-refractivity contribution in [2.75, 3.05) is 0 Å². The summed E-state index contributed by atoms with van der Waals surface area (Å²) in [5.41, 5.74) is 2.46. The fourth-order valence-corrected chi connectivity index (χ4v) is 5.84. The van der Waals surface area contributed by atoms with Crippen LogP contribution in [0.4, 0.5) is 8.78 Å². The minimum Gasteiger partial charge on any atom is -0.309 e. The smallest absolute Gasteiger partial charge is 0.262 e. The monoisotopic (exact) mass is 465 g/mol. The molecule has 0 aliphatic heterocycles. The predicted octanol–water partition coefficient (Wildman–Crippen LogP) is 5.02. The molecule has 0 amide bonds. The maximum absolute atomic E-state index is 13.9. The Morgan fingerprint density at radius 2 is 1.88 bits per heavy atom. The summed E-state index contributed by atoms with van der Waals surface area (Å²) in [5, 5.41) is 4.04. The maximum atomic E-state index is 13.9. The summed E-state index contributed by atoms with van der Waals surface area (Å²) in [6.45, 7) is 0.787. The van der Waals surface area contributed by atoms with Gasteiger partial charge < -0.3 is 5.32 Å². The van der Waals surface area contributed by atoms with Gasteiger partial charge in [-0.25, -0.2) is 13.8 Å². The third-order valence-corrected chi connectivity index (χ3v) is 7.53. The summed E-state index contributed by atoms with van der Waals surface area (Å²) < 4.78 is 29.6. The van der Waals surface area contributed by atoms with Gasteiger partial charge in [-0.1, -0.05) is 36.4 Å². The lowest BCUT2D eigenvalue weighted by atomic mass is 9.93. The molecule has 1 unspecified atom stereocenters. The number of fused-ring (bicyclic) bond motifs is 3. The van der Waals surface area contributed by atoms with E-state index >= 15 is 0 Å². The quantitative estimate of drug-likeness (QED) is 0.417. The van der Waals surface area contributed by atoms with Gasteiger partial charge in [0.25, 0.3) is 5.56 Å². The SMILES string of the molecule is O=c1c2c3c(sc2ncn1CCCc1ccccc1)CC(NCc1c(F)cccc1F)CC3. The summed E-state index contributed by atoms with van der Waals surface area (Å²) in [7, 11) is 0. The van der Waals surface area contributed by atoms with Gasteiger partial charge in [0, 0.05) is 29.6 Å². The summed E-state index contributed by atoms with van der Waals surface area (Å²) in [4.78, 5) is 19.7. The molecule has 33 heavy (non-hydrogen) atoms. The van der Waals surface area contributed by atoms with Crippen molar-refractivity contribution in [1.29, 1.82) is 0 Å². The van der Waals surface area contributed by atoms with Crippen molar-refractivity contribution in [1.82, 2.24) is 14.9 Å². The summed E-state index contributed by atoms with van der Waals surface area (Å²) >= 11 is 1.56. The van der Waals surface area contributed by atoms with E-state index in [0.717, 1.165) is 52.8 Å². The van der Waals surface area contributed by atoms with E-state index in [-0.39, 0.29) is 23.7 Å². The van der Waals surface area contributed by atoms with Crippen LogP contribution in [0.2, 0.25) is 0 Å². The molecule has 2 heterocycles. The van der Waals surface area contributed by atoms with Crippen molar-refractivity contribution in [2.45, 2.75) is 51.2 Å². The maximum Gasteiger partial charge on any atom is 0.262 e. The summed E-state index contributed by atoms with van der Waals surface area (Å²) in [6.07, 6.45) is 5.77. The first-order chi connectivity index (χ1) is 16.1. The third kappa shape index (κ3) is 4.61. The number of thiophene rings is 1. The predicted molar refractivity (Wildman–Crippen MR) is 128 cm³/mol. The standard InChI is InChI=1S/C26H25F2N3OS/c27-21-9-4-10-22(28)20(21)15-29-18-11-12-19-23(14-18)33-25-24(19)26(32)31(16-30-25)13-5-8-17-6-2-1-3-7-17/h1-4,6-7,9-10,16,18,29H,5,8,11-15H2. The van der Waals surface area contributed by atoms with Crippen molar-refractivity contribution < 1.29 is 8.78 Å². The van der Waals surface area contributed by atoms with E-state index in [0.29, 0.717) is 6.54 Å². The highest BCUT2D eigenvalue weighted by Crippen LogP contribution is 2.33. The fraction of sp³-hybridized carbons (Fsp3) is 0.308. The molecular formula is C26H25F2N3OS. The highest BCUT2D eigenvalue weighted by molar-refractivity contribution is 7.18. The molecule has 0 saturated heterocycles. The van der Waals surface area contributed by atoms with Crippen molar-refractivity contribution in [2.24, 2.45) is 0 Å². The largest absolute Gasteiger partial charge is 0.309 e. The number of aryl methyl sites for hydroxylation is 3. The zero-order valence-corrected chi connectivity index (χ0v) is 19.0. The van der Waals surface area contributed by atoms with Crippen LogP contribution in [0.5, 0.6) is 0 Å². The number of hydrogen-bond acceptors (Lipinski definition) is 4. The van der Waals surface area contributed by atoms with Crippen LogP contribution in [-0.2, 0) is 32.4 Å².